The number of hydrogen-bond donors (Lipinski definition) is 1. The van der Waals surface area contributed by atoms with E-state index in [0.717, 1.165) is 18.2 Å². The average molecular weight is 333 g/mol. The van der Waals surface area contributed by atoms with Gasteiger partial charge in [-0.25, -0.2) is 8.42 Å². The summed E-state index contributed by atoms with van der Waals surface area (Å²) in [5.41, 5.74) is -0.388. The van der Waals surface area contributed by atoms with Crippen LogP contribution < -0.4 is 0 Å². The highest BCUT2D eigenvalue weighted by Gasteiger charge is 2.29. The molecule has 0 bridgehead atoms. The van der Waals surface area contributed by atoms with Gasteiger partial charge in [-0.3, -0.25) is 14.9 Å². The van der Waals surface area contributed by atoms with Gasteiger partial charge >= 0.3 is 5.97 Å². The summed E-state index contributed by atoms with van der Waals surface area (Å²) in [5, 5.41) is 18.9. The third-order valence-electron chi connectivity index (χ3n) is 2.32. The molecular formula is C11H9ClN2O6S. The first-order valence-electron chi connectivity index (χ1n) is 5.29. The van der Waals surface area contributed by atoms with E-state index in [1.165, 1.54) is 0 Å². The largest absolute Gasteiger partial charge is 0.480 e. The topological polar surface area (TPSA) is 118 Å². The van der Waals surface area contributed by atoms with Crippen LogP contribution >= 0.6 is 11.6 Å². The van der Waals surface area contributed by atoms with Crippen molar-refractivity contribution in [2.75, 3.05) is 13.1 Å². The number of halogens is 1. The molecule has 0 heterocycles. The first-order chi connectivity index (χ1) is 9.70. The van der Waals surface area contributed by atoms with E-state index in [1.807, 2.05) is 5.92 Å². The zero-order valence-corrected chi connectivity index (χ0v) is 12.0. The maximum atomic E-state index is 12.3. The third kappa shape index (κ3) is 3.91. The second kappa shape index (κ2) is 6.53. The van der Waals surface area contributed by atoms with E-state index in [1.54, 1.807) is 0 Å². The summed E-state index contributed by atoms with van der Waals surface area (Å²) in [7, 11) is -4.28. The lowest BCUT2D eigenvalue weighted by Crippen LogP contribution is -2.36. The van der Waals surface area contributed by atoms with Crippen LogP contribution in [0.5, 0.6) is 0 Å². The highest BCUT2D eigenvalue weighted by atomic mass is 35.5. The van der Waals surface area contributed by atoms with Crippen LogP contribution in [0.3, 0.4) is 0 Å². The molecule has 0 fully saturated rings. The van der Waals surface area contributed by atoms with Crippen molar-refractivity contribution >= 4 is 33.3 Å². The van der Waals surface area contributed by atoms with Crippen LogP contribution in [-0.2, 0) is 14.8 Å². The van der Waals surface area contributed by atoms with Gasteiger partial charge in [-0.05, 0) is 6.07 Å². The number of nitro benzene ring substituents is 1. The zero-order chi connectivity index (χ0) is 16.2. The van der Waals surface area contributed by atoms with Gasteiger partial charge in [0.2, 0.25) is 10.0 Å². The van der Waals surface area contributed by atoms with Crippen LogP contribution in [0, 0.1) is 22.5 Å². The highest BCUT2D eigenvalue weighted by molar-refractivity contribution is 7.89. The SMILES string of the molecule is C#CCN(CC(=O)O)S(=O)(=O)c1ccc([N+](=O)[O-])cc1Cl. The number of carbonyl (C=O) groups is 1. The minimum Gasteiger partial charge on any atom is -0.480 e. The van der Waals surface area contributed by atoms with E-state index >= 15 is 0 Å². The summed E-state index contributed by atoms with van der Waals surface area (Å²) in [5.74, 6) is 0.634. The monoisotopic (exact) mass is 332 g/mol. The first-order valence-corrected chi connectivity index (χ1v) is 7.11. The predicted octanol–water partition coefficient (Wildman–Crippen LogP) is 0.957. The van der Waals surface area contributed by atoms with Gasteiger partial charge in [0.25, 0.3) is 5.69 Å². The molecule has 0 aliphatic heterocycles. The number of rotatable bonds is 6. The molecule has 10 heteroatoms. The standard InChI is InChI=1S/C11H9ClN2O6S/c1-2-5-13(7-11(15)16)21(19,20)10-4-3-8(14(17)18)6-9(10)12/h1,3-4,6H,5,7H2,(H,15,16). The lowest BCUT2D eigenvalue weighted by atomic mass is 10.3. The van der Waals surface area contributed by atoms with E-state index in [4.69, 9.17) is 23.1 Å². The van der Waals surface area contributed by atoms with Crippen molar-refractivity contribution in [2.45, 2.75) is 4.90 Å². The number of benzene rings is 1. The molecule has 0 unspecified atom stereocenters. The number of non-ortho nitro benzene ring substituents is 1. The fourth-order valence-electron chi connectivity index (χ4n) is 1.43. The molecule has 1 rings (SSSR count). The van der Waals surface area contributed by atoms with Gasteiger partial charge in [-0.15, -0.1) is 6.42 Å². The molecule has 0 saturated heterocycles. The van der Waals surface area contributed by atoms with Crippen molar-refractivity contribution in [1.82, 2.24) is 4.31 Å². The molecule has 0 saturated carbocycles. The Labute approximate surface area is 125 Å². The number of hydrogen-bond acceptors (Lipinski definition) is 5. The molecule has 8 nitrogen and oxygen atoms in total. The minimum absolute atomic E-state index is 0.388. The fourth-order valence-corrected chi connectivity index (χ4v) is 3.25. The third-order valence-corrected chi connectivity index (χ3v) is 4.60. The smallest absolute Gasteiger partial charge is 0.318 e. The van der Waals surface area contributed by atoms with E-state index in [2.05, 4.69) is 0 Å². The lowest BCUT2D eigenvalue weighted by Gasteiger charge is -2.18. The summed E-state index contributed by atoms with van der Waals surface area (Å²) < 4.78 is 25.1. The maximum Gasteiger partial charge on any atom is 0.318 e. The fraction of sp³-hybridized carbons (Fsp3) is 0.182. The van der Waals surface area contributed by atoms with E-state index in [9.17, 15) is 23.3 Å². The first kappa shape index (κ1) is 16.9. The number of sulfonamides is 1. The number of nitro groups is 1. The summed E-state index contributed by atoms with van der Waals surface area (Å²) in [6.45, 7) is -1.32. The summed E-state index contributed by atoms with van der Waals surface area (Å²) in [4.78, 5) is 20.1. The Kier molecular flexibility index (Phi) is 5.26. The molecule has 1 aromatic carbocycles. The molecule has 0 radical (unpaired) electrons. The Bertz CT molecular complexity index is 725. The minimum atomic E-state index is -4.28. The van der Waals surface area contributed by atoms with Crippen molar-refractivity contribution in [1.29, 1.82) is 0 Å². The predicted molar refractivity (Wildman–Crippen MR) is 73.3 cm³/mol. The molecule has 21 heavy (non-hydrogen) atoms. The second-order valence-corrected chi connectivity index (χ2v) is 6.06. The molecule has 0 aliphatic rings. The summed E-state index contributed by atoms with van der Waals surface area (Å²) >= 11 is 5.73. The number of aliphatic carboxylic acids is 1. The Hall–Kier alpha value is -2.15. The quantitative estimate of drug-likeness (QED) is 0.471. The molecule has 0 aromatic heterocycles. The van der Waals surface area contributed by atoms with Gasteiger partial charge in [0.1, 0.15) is 11.4 Å². The Morgan fingerprint density at radius 2 is 2.14 bits per heavy atom. The number of nitrogens with zero attached hydrogens (tertiary/aromatic N) is 2. The van der Waals surface area contributed by atoms with Gasteiger partial charge in [0.05, 0.1) is 16.5 Å². The van der Waals surface area contributed by atoms with Crippen molar-refractivity contribution < 1.29 is 23.2 Å². The van der Waals surface area contributed by atoms with Crippen LogP contribution in [0.25, 0.3) is 0 Å². The van der Waals surface area contributed by atoms with Crippen molar-refractivity contribution in [2.24, 2.45) is 0 Å². The number of terminal acetylenes is 1. The van der Waals surface area contributed by atoms with Crippen LogP contribution in [0.2, 0.25) is 5.02 Å². The lowest BCUT2D eigenvalue weighted by molar-refractivity contribution is -0.384. The number of carboxylic acids is 1. The highest BCUT2D eigenvalue weighted by Crippen LogP contribution is 2.28. The molecule has 1 N–H and O–H groups in total. The molecule has 112 valence electrons. The maximum absolute atomic E-state index is 12.3. The molecule has 0 aliphatic carbocycles. The van der Waals surface area contributed by atoms with Crippen LogP contribution in [0.15, 0.2) is 23.1 Å². The Balaban J connectivity index is 3.31. The van der Waals surface area contributed by atoms with E-state index in [0.29, 0.717) is 4.31 Å². The van der Waals surface area contributed by atoms with Gasteiger partial charge in [-0.2, -0.15) is 4.31 Å². The molecule has 1 aromatic rings. The van der Waals surface area contributed by atoms with E-state index < -0.39 is 43.9 Å². The molecular weight excluding hydrogens is 324 g/mol. The van der Waals surface area contributed by atoms with Gasteiger partial charge in [0.15, 0.2) is 0 Å². The Morgan fingerprint density at radius 1 is 1.52 bits per heavy atom. The zero-order valence-electron chi connectivity index (χ0n) is 10.4. The van der Waals surface area contributed by atoms with E-state index in [-0.39, 0.29) is 5.69 Å². The van der Waals surface area contributed by atoms with Gasteiger partial charge in [-0.1, -0.05) is 17.5 Å². The summed E-state index contributed by atoms with van der Waals surface area (Å²) in [6, 6.07) is 2.75. The second-order valence-electron chi connectivity index (χ2n) is 3.74. The average Bonchev–Trinajstić information content (AvgIpc) is 2.37. The van der Waals surface area contributed by atoms with Crippen LogP contribution in [-0.4, -0.2) is 41.8 Å². The number of carboxylic acid groups (broad SMARTS) is 1. The Morgan fingerprint density at radius 3 is 2.57 bits per heavy atom. The van der Waals surface area contributed by atoms with Gasteiger partial charge in [0, 0.05) is 12.1 Å². The molecule has 0 amide bonds. The van der Waals surface area contributed by atoms with Crippen LogP contribution in [0.1, 0.15) is 0 Å². The van der Waals surface area contributed by atoms with Crippen molar-refractivity contribution in [3.8, 4) is 12.3 Å². The van der Waals surface area contributed by atoms with Crippen LogP contribution in [0.4, 0.5) is 5.69 Å². The van der Waals surface area contributed by atoms with Crippen molar-refractivity contribution in [3.05, 3.63) is 33.3 Å². The molecule has 0 spiro atoms. The molecule has 0 atom stereocenters. The van der Waals surface area contributed by atoms with Gasteiger partial charge < -0.3 is 5.11 Å². The normalized spacial score (nSPS) is 11.1. The van der Waals surface area contributed by atoms with Crippen molar-refractivity contribution in [3.63, 3.8) is 0 Å². The summed E-state index contributed by atoms with van der Waals surface area (Å²) in [6.07, 6.45) is 5.01.